The van der Waals surface area contributed by atoms with Gasteiger partial charge >= 0.3 is 0 Å². The fraction of sp³-hybridized carbons (Fsp3) is 0.611. The maximum Gasteiger partial charge on any atom is 0.0829 e. The number of aromatic nitrogens is 2. The highest BCUT2D eigenvalue weighted by molar-refractivity contribution is 5.53. The number of pyridine rings is 1. The Bertz CT molecular complexity index is 651. The second-order valence-electron chi connectivity index (χ2n) is 7.09. The lowest BCUT2D eigenvalue weighted by Gasteiger charge is -2.34. The summed E-state index contributed by atoms with van der Waals surface area (Å²) in [5, 5.41) is 4.44. The van der Waals surface area contributed by atoms with Crippen LogP contribution in [0, 0.1) is 5.92 Å². The molecular weight excluding hydrogens is 288 g/mol. The van der Waals surface area contributed by atoms with E-state index in [0.717, 1.165) is 38.7 Å². The van der Waals surface area contributed by atoms with Gasteiger partial charge in [-0.1, -0.05) is 6.07 Å². The average molecular weight is 314 g/mol. The third-order valence-electron chi connectivity index (χ3n) is 4.91. The van der Waals surface area contributed by atoms with Gasteiger partial charge in [0, 0.05) is 44.5 Å². The molecule has 2 aromatic heterocycles. The highest BCUT2D eigenvalue weighted by atomic mass is 16.5. The number of likely N-dealkylation sites (N-methyl/N-ethyl adjacent to an activating group) is 1. The summed E-state index contributed by atoms with van der Waals surface area (Å²) in [6.07, 6.45) is 7.16. The molecule has 0 unspecified atom stereocenters. The minimum atomic E-state index is 0.328. The Kier molecular flexibility index (Phi) is 4.33. The second-order valence-corrected chi connectivity index (χ2v) is 7.09. The first-order valence-corrected chi connectivity index (χ1v) is 8.71. The molecule has 2 aliphatic rings. The molecule has 1 saturated carbocycles. The van der Waals surface area contributed by atoms with Crippen molar-refractivity contribution in [2.75, 3.05) is 39.8 Å². The van der Waals surface area contributed by atoms with Gasteiger partial charge in [0.2, 0.25) is 0 Å². The van der Waals surface area contributed by atoms with E-state index in [9.17, 15) is 0 Å². The van der Waals surface area contributed by atoms with Gasteiger partial charge in [0.05, 0.1) is 24.4 Å². The summed E-state index contributed by atoms with van der Waals surface area (Å²) in [7, 11) is 2.23. The minimum absolute atomic E-state index is 0.328. The van der Waals surface area contributed by atoms with E-state index in [0.29, 0.717) is 6.10 Å². The fourth-order valence-electron chi connectivity index (χ4n) is 3.55. The zero-order valence-electron chi connectivity index (χ0n) is 13.9. The number of ether oxygens (including phenoxy) is 1. The molecule has 4 rings (SSSR count). The second kappa shape index (κ2) is 6.59. The third kappa shape index (κ3) is 3.74. The molecule has 1 saturated heterocycles. The molecule has 2 aromatic rings. The van der Waals surface area contributed by atoms with Crippen LogP contribution in [0.3, 0.4) is 0 Å². The summed E-state index contributed by atoms with van der Waals surface area (Å²) in [6, 6.07) is 6.24. The average Bonchev–Trinajstić information content (AvgIpc) is 3.27. The van der Waals surface area contributed by atoms with Gasteiger partial charge in [-0.2, -0.15) is 5.10 Å². The van der Waals surface area contributed by atoms with Crippen LogP contribution in [0.2, 0.25) is 0 Å². The summed E-state index contributed by atoms with van der Waals surface area (Å²) in [4.78, 5) is 4.95. The lowest BCUT2D eigenvalue weighted by molar-refractivity contribution is -0.0433. The number of morpholine rings is 1. The Morgan fingerprint density at radius 1 is 1.30 bits per heavy atom. The number of fused-ring (bicyclic) bond motifs is 1. The van der Waals surface area contributed by atoms with Gasteiger partial charge in [-0.05, 0) is 37.9 Å². The van der Waals surface area contributed by atoms with Crippen LogP contribution in [-0.4, -0.2) is 65.4 Å². The van der Waals surface area contributed by atoms with E-state index in [1.807, 2.05) is 23.0 Å². The quantitative estimate of drug-likeness (QED) is 0.815. The van der Waals surface area contributed by atoms with Crippen LogP contribution < -0.4 is 0 Å². The zero-order chi connectivity index (χ0) is 15.6. The monoisotopic (exact) mass is 314 g/mol. The SMILES string of the molecule is CN(CC1CC1)C[C@@H]1CN(Cc2cnn3ccccc23)CCO1. The van der Waals surface area contributed by atoms with Crippen molar-refractivity contribution in [2.45, 2.75) is 25.5 Å². The highest BCUT2D eigenvalue weighted by Crippen LogP contribution is 2.29. The molecule has 3 heterocycles. The van der Waals surface area contributed by atoms with Crippen LogP contribution in [0.1, 0.15) is 18.4 Å². The molecule has 0 spiro atoms. The van der Waals surface area contributed by atoms with Gasteiger partial charge < -0.3 is 9.64 Å². The maximum atomic E-state index is 5.98. The molecule has 0 N–H and O–H groups in total. The first kappa shape index (κ1) is 15.1. The molecule has 0 bridgehead atoms. The van der Waals surface area contributed by atoms with Gasteiger partial charge in [0.1, 0.15) is 0 Å². The lowest BCUT2D eigenvalue weighted by Crippen LogP contribution is -2.46. The largest absolute Gasteiger partial charge is 0.374 e. The van der Waals surface area contributed by atoms with Crippen molar-refractivity contribution in [3.63, 3.8) is 0 Å². The molecule has 5 heteroatoms. The van der Waals surface area contributed by atoms with E-state index >= 15 is 0 Å². The number of nitrogens with zero attached hydrogens (tertiary/aromatic N) is 4. The molecular formula is C18H26N4O. The number of rotatable bonds is 6. The van der Waals surface area contributed by atoms with E-state index < -0.39 is 0 Å². The van der Waals surface area contributed by atoms with Crippen molar-refractivity contribution in [1.29, 1.82) is 0 Å². The number of hydrogen-bond acceptors (Lipinski definition) is 4. The molecule has 0 aromatic carbocycles. The van der Waals surface area contributed by atoms with Crippen LogP contribution in [0.25, 0.3) is 5.52 Å². The fourth-order valence-corrected chi connectivity index (χ4v) is 3.55. The predicted molar refractivity (Wildman–Crippen MR) is 90.4 cm³/mol. The van der Waals surface area contributed by atoms with Crippen LogP contribution >= 0.6 is 0 Å². The normalized spacial score (nSPS) is 23.0. The van der Waals surface area contributed by atoms with Crippen molar-refractivity contribution in [2.24, 2.45) is 5.92 Å². The summed E-state index contributed by atoms with van der Waals surface area (Å²) in [6.45, 7) is 6.09. The first-order chi connectivity index (χ1) is 11.3. The summed E-state index contributed by atoms with van der Waals surface area (Å²) < 4.78 is 7.94. The first-order valence-electron chi connectivity index (χ1n) is 8.71. The number of hydrogen-bond donors (Lipinski definition) is 0. The molecule has 0 amide bonds. The van der Waals surface area contributed by atoms with Crippen LogP contribution in [0.5, 0.6) is 0 Å². The molecule has 2 fully saturated rings. The van der Waals surface area contributed by atoms with E-state index in [1.165, 1.54) is 30.5 Å². The van der Waals surface area contributed by atoms with Gasteiger partial charge in [-0.3, -0.25) is 4.90 Å². The summed E-state index contributed by atoms with van der Waals surface area (Å²) in [5.41, 5.74) is 2.51. The van der Waals surface area contributed by atoms with Gasteiger partial charge in [0.25, 0.3) is 0 Å². The van der Waals surface area contributed by atoms with Gasteiger partial charge in [-0.15, -0.1) is 0 Å². The van der Waals surface area contributed by atoms with E-state index in [-0.39, 0.29) is 0 Å². The Labute approximate surface area is 137 Å². The lowest BCUT2D eigenvalue weighted by atomic mass is 10.2. The molecule has 0 radical (unpaired) electrons. The van der Waals surface area contributed by atoms with E-state index in [1.54, 1.807) is 0 Å². The molecule has 5 nitrogen and oxygen atoms in total. The molecule has 1 aliphatic heterocycles. The summed E-state index contributed by atoms with van der Waals surface area (Å²) in [5.74, 6) is 0.943. The van der Waals surface area contributed by atoms with Gasteiger partial charge in [0.15, 0.2) is 0 Å². The zero-order valence-corrected chi connectivity index (χ0v) is 13.9. The van der Waals surface area contributed by atoms with Crippen LogP contribution in [0.15, 0.2) is 30.6 Å². The smallest absolute Gasteiger partial charge is 0.0829 e. The standard InChI is InChI=1S/C18H26N4O/c1-20(11-15-5-6-15)13-17-14-21(8-9-23-17)12-16-10-19-22-7-3-2-4-18(16)22/h2-4,7,10,15,17H,5-6,8-9,11-14H2,1H3/t17-/m1/s1. The van der Waals surface area contributed by atoms with Crippen LogP contribution in [-0.2, 0) is 11.3 Å². The summed E-state index contributed by atoms with van der Waals surface area (Å²) >= 11 is 0. The minimum Gasteiger partial charge on any atom is -0.374 e. The van der Waals surface area contributed by atoms with Crippen molar-refractivity contribution >= 4 is 5.52 Å². The van der Waals surface area contributed by atoms with Crippen molar-refractivity contribution in [3.05, 3.63) is 36.2 Å². The maximum absolute atomic E-state index is 5.98. The Morgan fingerprint density at radius 3 is 3.09 bits per heavy atom. The predicted octanol–water partition coefficient (Wildman–Crippen LogP) is 1.88. The van der Waals surface area contributed by atoms with Gasteiger partial charge in [-0.25, -0.2) is 4.52 Å². The third-order valence-corrected chi connectivity index (χ3v) is 4.91. The Hall–Kier alpha value is -1.43. The van der Waals surface area contributed by atoms with E-state index in [4.69, 9.17) is 4.74 Å². The van der Waals surface area contributed by atoms with E-state index in [2.05, 4.69) is 34.1 Å². The highest BCUT2D eigenvalue weighted by Gasteiger charge is 2.26. The molecule has 23 heavy (non-hydrogen) atoms. The van der Waals surface area contributed by atoms with Crippen LogP contribution in [0.4, 0.5) is 0 Å². The Morgan fingerprint density at radius 2 is 2.22 bits per heavy atom. The molecule has 1 atom stereocenters. The Balaban J connectivity index is 1.35. The van der Waals surface area contributed by atoms with Crippen molar-refractivity contribution in [1.82, 2.24) is 19.4 Å². The van der Waals surface area contributed by atoms with Crippen molar-refractivity contribution in [3.8, 4) is 0 Å². The molecule has 1 aliphatic carbocycles. The molecule has 124 valence electrons. The van der Waals surface area contributed by atoms with Crippen molar-refractivity contribution < 1.29 is 4.74 Å². The topological polar surface area (TPSA) is 33.0 Å².